The van der Waals surface area contributed by atoms with Crippen LogP contribution in [0.1, 0.15) is 13.8 Å². The second-order valence-corrected chi connectivity index (χ2v) is 4.24. The number of ether oxygens (including phenoxy) is 2. The first-order valence-electron chi connectivity index (χ1n) is 6.45. The van der Waals surface area contributed by atoms with Gasteiger partial charge in [-0.1, -0.05) is 0 Å². The molecule has 21 heavy (non-hydrogen) atoms. The quantitative estimate of drug-likeness (QED) is 0.324. The highest BCUT2D eigenvalue weighted by atomic mass is 32.1. The van der Waals surface area contributed by atoms with Crippen LogP contribution in [-0.2, 0) is 9.47 Å². The van der Waals surface area contributed by atoms with Gasteiger partial charge in [0, 0.05) is 19.3 Å². The van der Waals surface area contributed by atoms with Gasteiger partial charge in [0.25, 0.3) is 5.69 Å². The lowest BCUT2D eigenvalue weighted by Gasteiger charge is -2.18. The molecule has 0 atom stereocenters. The van der Waals surface area contributed by atoms with Crippen LogP contribution in [0.5, 0.6) is 0 Å². The second kappa shape index (κ2) is 9.16. The van der Waals surface area contributed by atoms with Crippen molar-refractivity contribution >= 4 is 28.8 Å². The number of nitrogens with zero attached hydrogens (tertiary/aromatic N) is 2. The van der Waals surface area contributed by atoms with Gasteiger partial charge >= 0.3 is 0 Å². The molecule has 0 saturated heterocycles. The molecule has 0 aromatic carbocycles. The summed E-state index contributed by atoms with van der Waals surface area (Å²) < 4.78 is 10.7. The van der Waals surface area contributed by atoms with Crippen molar-refractivity contribution in [1.82, 2.24) is 10.3 Å². The highest BCUT2D eigenvalue weighted by Crippen LogP contribution is 2.11. The van der Waals surface area contributed by atoms with Crippen LogP contribution in [0, 0.1) is 10.1 Å². The van der Waals surface area contributed by atoms with Crippen LogP contribution in [0.25, 0.3) is 0 Å². The third-order valence-corrected chi connectivity index (χ3v) is 2.58. The van der Waals surface area contributed by atoms with Gasteiger partial charge < -0.3 is 20.1 Å². The van der Waals surface area contributed by atoms with Gasteiger partial charge in [-0.05, 0) is 32.1 Å². The molecule has 0 radical (unpaired) electrons. The van der Waals surface area contributed by atoms with Crippen molar-refractivity contribution in [2.45, 2.75) is 20.1 Å². The predicted octanol–water partition coefficient (Wildman–Crippen LogP) is 1.68. The molecule has 1 rings (SSSR count). The summed E-state index contributed by atoms with van der Waals surface area (Å²) >= 11 is 5.10. The third kappa shape index (κ3) is 6.43. The van der Waals surface area contributed by atoms with Crippen molar-refractivity contribution in [2.75, 3.05) is 25.1 Å². The van der Waals surface area contributed by atoms with E-state index in [9.17, 15) is 10.1 Å². The van der Waals surface area contributed by atoms with E-state index in [0.717, 1.165) is 6.20 Å². The Balaban J connectivity index is 2.43. The molecule has 0 aliphatic heterocycles. The normalized spacial score (nSPS) is 10.4. The van der Waals surface area contributed by atoms with Crippen molar-refractivity contribution in [2.24, 2.45) is 0 Å². The van der Waals surface area contributed by atoms with Gasteiger partial charge in [0.05, 0.1) is 11.5 Å². The van der Waals surface area contributed by atoms with Gasteiger partial charge in [-0.2, -0.15) is 0 Å². The lowest BCUT2D eigenvalue weighted by atomic mass is 10.4. The minimum Gasteiger partial charge on any atom is -0.357 e. The molecule has 2 N–H and O–H groups in total. The number of anilines is 1. The Bertz CT molecular complexity index is 463. The van der Waals surface area contributed by atoms with Crippen molar-refractivity contribution in [3.05, 3.63) is 28.4 Å². The molecule has 0 fully saturated rings. The summed E-state index contributed by atoms with van der Waals surface area (Å²) in [4.78, 5) is 13.9. The number of hydrogen-bond donors (Lipinski definition) is 2. The molecule has 8 nitrogen and oxygen atoms in total. The number of aromatic nitrogens is 1. The molecule has 0 bridgehead atoms. The van der Waals surface area contributed by atoms with E-state index in [-0.39, 0.29) is 12.0 Å². The maximum absolute atomic E-state index is 10.5. The largest absolute Gasteiger partial charge is 0.357 e. The van der Waals surface area contributed by atoms with Gasteiger partial charge in [-0.3, -0.25) is 10.1 Å². The van der Waals surface area contributed by atoms with Crippen LogP contribution >= 0.6 is 12.2 Å². The van der Waals surface area contributed by atoms with Crippen LogP contribution < -0.4 is 10.6 Å². The van der Waals surface area contributed by atoms with Crippen molar-refractivity contribution in [3.8, 4) is 0 Å². The molecule has 0 aliphatic rings. The summed E-state index contributed by atoms with van der Waals surface area (Å²) in [6.07, 6.45) is 0.776. The fourth-order valence-electron chi connectivity index (χ4n) is 1.44. The molecule has 116 valence electrons. The van der Waals surface area contributed by atoms with E-state index < -0.39 is 4.92 Å². The number of nitrogens with one attached hydrogen (secondary N) is 2. The molecule has 0 aliphatic carbocycles. The minimum atomic E-state index is -0.512. The third-order valence-electron chi connectivity index (χ3n) is 2.33. The van der Waals surface area contributed by atoms with Crippen molar-refractivity contribution in [3.63, 3.8) is 0 Å². The molecular weight excluding hydrogens is 296 g/mol. The van der Waals surface area contributed by atoms with E-state index in [0.29, 0.717) is 30.7 Å². The molecule has 9 heteroatoms. The van der Waals surface area contributed by atoms with Gasteiger partial charge in [-0.25, -0.2) is 4.98 Å². The standard InChI is InChI=1S/C12H18N4O4S/c1-3-19-11(20-4-2)8-14-12(21)15-10-6-5-9(7-13-10)16(17)18/h5-7,11H,3-4,8H2,1-2H3,(H2,13,14,15,21). The lowest BCUT2D eigenvalue weighted by molar-refractivity contribution is -0.385. The van der Waals surface area contributed by atoms with Crippen LogP contribution in [0.4, 0.5) is 11.5 Å². The minimum absolute atomic E-state index is 0.0767. The molecule has 0 amide bonds. The van der Waals surface area contributed by atoms with Crippen molar-refractivity contribution in [1.29, 1.82) is 0 Å². The summed E-state index contributed by atoms with van der Waals surface area (Å²) in [5.41, 5.74) is -0.0767. The summed E-state index contributed by atoms with van der Waals surface area (Å²) in [5.74, 6) is 0.419. The van der Waals surface area contributed by atoms with Crippen LogP contribution in [-0.4, -0.2) is 41.1 Å². The molecule has 1 aromatic rings. The highest BCUT2D eigenvalue weighted by Gasteiger charge is 2.09. The highest BCUT2D eigenvalue weighted by molar-refractivity contribution is 7.80. The Labute approximate surface area is 128 Å². The number of thiocarbonyl (C=S) groups is 1. The van der Waals surface area contributed by atoms with E-state index in [2.05, 4.69) is 15.6 Å². The van der Waals surface area contributed by atoms with Crippen LogP contribution in [0.2, 0.25) is 0 Å². The van der Waals surface area contributed by atoms with Crippen LogP contribution in [0.15, 0.2) is 18.3 Å². The predicted molar refractivity (Wildman–Crippen MR) is 82.2 cm³/mol. The first kappa shape index (κ1) is 17.2. The average molecular weight is 314 g/mol. The number of hydrogen-bond acceptors (Lipinski definition) is 6. The Kier molecular flexibility index (Phi) is 7.51. The van der Waals surface area contributed by atoms with Crippen molar-refractivity contribution < 1.29 is 14.4 Å². The summed E-state index contributed by atoms with van der Waals surface area (Å²) in [6, 6.07) is 2.83. The lowest BCUT2D eigenvalue weighted by Crippen LogP contribution is -2.37. The van der Waals surface area contributed by atoms with Gasteiger partial charge in [0.1, 0.15) is 12.0 Å². The number of rotatable bonds is 8. The average Bonchev–Trinajstić information content (AvgIpc) is 2.46. The molecule has 0 spiro atoms. The van der Waals surface area contributed by atoms with Gasteiger partial charge in [0.15, 0.2) is 11.4 Å². The Morgan fingerprint density at radius 1 is 1.43 bits per heavy atom. The van der Waals surface area contributed by atoms with E-state index in [1.807, 2.05) is 13.8 Å². The summed E-state index contributed by atoms with van der Waals surface area (Å²) in [6.45, 7) is 5.22. The van der Waals surface area contributed by atoms with E-state index in [1.54, 1.807) is 0 Å². The maximum Gasteiger partial charge on any atom is 0.287 e. The summed E-state index contributed by atoms with van der Waals surface area (Å²) in [7, 11) is 0. The molecule has 0 unspecified atom stereocenters. The SMILES string of the molecule is CCOC(CNC(=S)Nc1ccc([N+](=O)[O-])cn1)OCC. The molecular formula is C12H18N4O4S. The smallest absolute Gasteiger partial charge is 0.287 e. The zero-order chi connectivity index (χ0) is 15.7. The first-order chi connectivity index (χ1) is 10.1. The maximum atomic E-state index is 10.5. The Morgan fingerprint density at radius 2 is 2.10 bits per heavy atom. The number of pyridine rings is 1. The molecule has 1 heterocycles. The molecule has 1 aromatic heterocycles. The molecule has 0 saturated carbocycles. The fourth-order valence-corrected chi connectivity index (χ4v) is 1.63. The Morgan fingerprint density at radius 3 is 2.57 bits per heavy atom. The second-order valence-electron chi connectivity index (χ2n) is 3.83. The zero-order valence-corrected chi connectivity index (χ0v) is 12.7. The van der Waals surface area contributed by atoms with E-state index in [4.69, 9.17) is 21.7 Å². The number of nitro groups is 1. The van der Waals surface area contributed by atoms with E-state index in [1.165, 1.54) is 12.1 Å². The zero-order valence-electron chi connectivity index (χ0n) is 11.9. The van der Waals surface area contributed by atoms with Gasteiger partial charge in [-0.15, -0.1) is 0 Å². The topological polar surface area (TPSA) is 98.5 Å². The summed E-state index contributed by atoms with van der Waals surface area (Å²) in [5, 5.41) is 16.6. The van der Waals surface area contributed by atoms with Crippen LogP contribution in [0.3, 0.4) is 0 Å². The first-order valence-corrected chi connectivity index (χ1v) is 6.86. The monoisotopic (exact) mass is 314 g/mol. The van der Waals surface area contributed by atoms with Gasteiger partial charge in [0.2, 0.25) is 0 Å². The van der Waals surface area contributed by atoms with E-state index >= 15 is 0 Å². The Hall–Kier alpha value is -1.84. The fraction of sp³-hybridized carbons (Fsp3) is 0.500.